The van der Waals surface area contributed by atoms with Gasteiger partial charge >= 0.3 is 0 Å². The lowest BCUT2D eigenvalue weighted by molar-refractivity contribution is 0.261. The van der Waals surface area contributed by atoms with Crippen LogP contribution in [-0.4, -0.2) is 45.8 Å². The van der Waals surface area contributed by atoms with Crippen LogP contribution in [0.1, 0.15) is 12.8 Å². The molecule has 2 aromatic rings. The molecule has 1 fully saturated rings. The van der Waals surface area contributed by atoms with Gasteiger partial charge in [-0.05, 0) is 44.6 Å². The molecule has 0 bridgehead atoms. The zero-order chi connectivity index (χ0) is 13.9. The molecule has 3 rings (SSSR count). The molecule has 106 valence electrons. The molecule has 0 aliphatic carbocycles. The van der Waals surface area contributed by atoms with E-state index in [9.17, 15) is 4.39 Å². The first-order valence-electron chi connectivity index (χ1n) is 6.82. The molecule has 0 radical (unpaired) electrons. The molecular weight excluding hydrogens is 257 g/mol. The monoisotopic (exact) mass is 275 g/mol. The smallest absolute Gasteiger partial charge is 0.150 e. The molecule has 2 heterocycles. The summed E-state index contributed by atoms with van der Waals surface area (Å²) >= 11 is 0. The van der Waals surface area contributed by atoms with Gasteiger partial charge in [-0.1, -0.05) is 0 Å². The highest BCUT2D eigenvalue weighted by molar-refractivity contribution is 5.50. The van der Waals surface area contributed by atoms with Crippen LogP contribution < -0.4 is 5.32 Å². The Hall–Kier alpha value is -1.95. The fourth-order valence-electron chi connectivity index (χ4n) is 2.64. The van der Waals surface area contributed by atoms with E-state index in [4.69, 9.17) is 0 Å². The molecule has 1 aliphatic heterocycles. The van der Waals surface area contributed by atoms with Crippen molar-refractivity contribution < 1.29 is 4.39 Å². The maximum absolute atomic E-state index is 14.1. The Morgan fingerprint density at radius 3 is 3.00 bits per heavy atom. The lowest BCUT2D eigenvalue weighted by Crippen LogP contribution is -2.39. The number of rotatable bonds is 3. The minimum absolute atomic E-state index is 0.301. The van der Waals surface area contributed by atoms with Crippen LogP contribution in [-0.2, 0) is 0 Å². The summed E-state index contributed by atoms with van der Waals surface area (Å²) in [5.41, 5.74) is 1.22. The topological polar surface area (TPSA) is 46.0 Å². The summed E-state index contributed by atoms with van der Waals surface area (Å²) in [5, 5.41) is 7.34. The Morgan fingerprint density at radius 1 is 1.40 bits per heavy atom. The van der Waals surface area contributed by atoms with Gasteiger partial charge in [-0.3, -0.25) is 0 Å². The van der Waals surface area contributed by atoms with Gasteiger partial charge in [0.15, 0.2) is 5.82 Å². The van der Waals surface area contributed by atoms with Crippen LogP contribution in [0, 0.1) is 5.82 Å². The SMILES string of the molecule is CN1CCCC(Nc2ccc(-n3cncn3)c(F)c2)C1. The number of likely N-dealkylation sites (tertiary alicyclic amines) is 1. The van der Waals surface area contributed by atoms with Crippen molar-refractivity contribution in [2.24, 2.45) is 0 Å². The summed E-state index contributed by atoms with van der Waals surface area (Å²) in [7, 11) is 2.11. The summed E-state index contributed by atoms with van der Waals surface area (Å²) in [6.45, 7) is 2.13. The first kappa shape index (κ1) is 13.1. The minimum Gasteiger partial charge on any atom is -0.381 e. The number of hydrogen-bond donors (Lipinski definition) is 1. The molecule has 1 atom stereocenters. The second-order valence-electron chi connectivity index (χ2n) is 5.25. The average Bonchev–Trinajstić information content (AvgIpc) is 2.92. The van der Waals surface area contributed by atoms with Crippen molar-refractivity contribution in [1.82, 2.24) is 19.7 Å². The molecule has 5 nitrogen and oxygen atoms in total. The predicted molar refractivity (Wildman–Crippen MR) is 75.5 cm³/mol. The molecule has 6 heteroatoms. The quantitative estimate of drug-likeness (QED) is 0.929. The van der Waals surface area contributed by atoms with E-state index in [0.717, 1.165) is 25.2 Å². The standard InChI is InChI=1S/C14H18FN5/c1-19-6-2-3-12(8-19)18-11-4-5-14(13(15)7-11)20-10-16-9-17-20/h4-5,7,9-10,12,18H,2-3,6,8H2,1H3. The molecule has 1 aromatic heterocycles. The maximum Gasteiger partial charge on any atom is 0.150 e. The number of nitrogens with one attached hydrogen (secondary N) is 1. The molecule has 20 heavy (non-hydrogen) atoms. The molecule has 1 N–H and O–H groups in total. The highest BCUT2D eigenvalue weighted by atomic mass is 19.1. The van der Waals surface area contributed by atoms with Gasteiger partial charge in [0.25, 0.3) is 0 Å². The zero-order valence-corrected chi connectivity index (χ0v) is 11.5. The summed E-state index contributed by atoms with van der Waals surface area (Å²) < 4.78 is 15.5. The van der Waals surface area contributed by atoms with E-state index < -0.39 is 0 Å². The van der Waals surface area contributed by atoms with Crippen LogP contribution in [0.2, 0.25) is 0 Å². The first-order valence-corrected chi connectivity index (χ1v) is 6.82. The largest absolute Gasteiger partial charge is 0.381 e. The van der Waals surface area contributed by atoms with Crippen LogP contribution >= 0.6 is 0 Å². The average molecular weight is 275 g/mol. The van der Waals surface area contributed by atoms with Gasteiger partial charge in [0, 0.05) is 18.3 Å². The fourth-order valence-corrected chi connectivity index (χ4v) is 2.64. The summed E-state index contributed by atoms with van der Waals surface area (Å²) in [6, 6.07) is 5.50. The number of hydrogen-bond acceptors (Lipinski definition) is 4. The van der Waals surface area contributed by atoms with E-state index in [1.165, 1.54) is 29.8 Å². The molecular formula is C14H18FN5. The van der Waals surface area contributed by atoms with Crippen LogP contribution in [0.5, 0.6) is 0 Å². The number of halogens is 1. The number of nitrogens with zero attached hydrogens (tertiary/aromatic N) is 4. The highest BCUT2D eigenvalue weighted by Crippen LogP contribution is 2.20. The van der Waals surface area contributed by atoms with Gasteiger partial charge in [-0.2, -0.15) is 5.10 Å². The Bertz CT molecular complexity index is 569. The van der Waals surface area contributed by atoms with Crippen molar-refractivity contribution in [3.8, 4) is 5.69 Å². The van der Waals surface area contributed by atoms with Crippen LogP contribution in [0.15, 0.2) is 30.9 Å². The number of benzene rings is 1. The van der Waals surface area contributed by atoms with Crippen LogP contribution in [0.4, 0.5) is 10.1 Å². The number of likely N-dealkylation sites (N-methyl/N-ethyl adjacent to an activating group) is 1. The molecule has 0 amide bonds. The summed E-state index contributed by atoms with van der Waals surface area (Å²) in [6.07, 6.45) is 5.18. The van der Waals surface area contributed by atoms with E-state index >= 15 is 0 Å². The van der Waals surface area contributed by atoms with E-state index in [2.05, 4.69) is 27.3 Å². The Morgan fingerprint density at radius 2 is 2.30 bits per heavy atom. The van der Waals surface area contributed by atoms with E-state index in [-0.39, 0.29) is 5.82 Å². The number of piperidine rings is 1. The van der Waals surface area contributed by atoms with E-state index in [1.807, 2.05) is 6.07 Å². The van der Waals surface area contributed by atoms with Gasteiger partial charge in [0.2, 0.25) is 0 Å². The minimum atomic E-state index is -0.301. The molecule has 1 aliphatic rings. The molecule has 1 unspecified atom stereocenters. The van der Waals surface area contributed by atoms with Gasteiger partial charge in [-0.15, -0.1) is 0 Å². The van der Waals surface area contributed by atoms with Crippen LogP contribution in [0.25, 0.3) is 5.69 Å². The third-order valence-corrected chi connectivity index (χ3v) is 3.61. The Balaban J connectivity index is 1.74. The lowest BCUT2D eigenvalue weighted by Gasteiger charge is -2.30. The Labute approximate surface area is 117 Å². The van der Waals surface area contributed by atoms with Gasteiger partial charge in [-0.25, -0.2) is 14.1 Å². The first-order chi connectivity index (χ1) is 9.72. The second kappa shape index (κ2) is 5.58. The van der Waals surface area contributed by atoms with Crippen molar-refractivity contribution in [3.63, 3.8) is 0 Å². The van der Waals surface area contributed by atoms with Crippen LogP contribution in [0.3, 0.4) is 0 Å². The second-order valence-corrected chi connectivity index (χ2v) is 5.25. The number of aromatic nitrogens is 3. The third-order valence-electron chi connectivity index (χ3n) is 3.61. The van der Waals surface area contributed by atoms with Crippen molar-refractivity contribution in [2.75, 3.05) is 25.5 Å². The highest BCUT2D eigenvalue weighted by Gasteiger charge is 2.17. The van der Waals surface area contributed by atoms with Crippen molar-refractivity contribution in [2.45, 2.75) is 18.9 Å². The lowest BCUT2D eigenvalue weighted by atomic mass is 10.1. The number of anilines is 1. The van der Waals surface area contributed by atoms with Crippen molar-refractivity contribution in [1.29, 1.82) is 0 Å². The summed E-state index contributed by atoms with van der Waals surface area (Å²) in [5.74, 6) is -0.301. The maximum atomic E-state index is 14.1. The predicted octanol–water partition coefficient (Wildman–Crippen LogP) is 1.91. The molecule has 1 aromatic carbocycles. The van der Waals surface area contributed by atoms with Crippen molar-refractivity contribution in [3.05, 3.63) is 36.7 Å². The third kappa shape index (κ3) is 2.80. The summed E-state index contributed by atoms with van der Waals surface area (Å²) in [4.78, 5) is 6.12. The van der Waals surface area contributed by atoms with Gasteiger partial charge < -0.3 is 10.2 Å². The normalized spacial score (nSPS) is 20.0. The van der Waals surface area contributed by atoms with E-state index in [1.54, 1.807) is 6.07 Å². The van der Waals surface area contributed by atoms with Gasteiger partial charge in [0.05, 0.1) is 0 Å². The zero-order valence-electron chi connectivity index (χ0n) is 11.5. The molecule has 0 spiro atoms. The van der Waals surface area contributed by atoms with Gasteiger partial charge in [0.1, 0.15) is 18.3 Å². The molecule has 1 saturated heterocycles. The van der Waals surface area contributed by atoms with E-state index in [0.29, 0.717) is 11.7 Å². The van der Waals surface area contributed by atoms with Crippen molar-refractivity contribution >= 4 is 5.69 Å². The molecule has 0 saturated carbocycles. The Kier molecular flexibility index (Phi) is 3.64. The fraction of sp³-hybridized carbons (Fsp3) is 0.429.